The van der Waals surface area contributed by atoms with Gasteiger partial charge in [0, 0.05) is 15.9 Å². The Balaban J connectivity index is 1.68. The smallest absolute Gasteiger partial charge is 0.344 e. The van der Waals surface area contributed by atoms with Gasteiger partial charge in [-0.25, -0.2) is 9.59 Å². The Kier molecular flexibility index (Phi) is 4.60. The fourth-order valence-electron chi connectivity index (χ4n) is 2.76. The molecule has 5 heteroatoms. The molecule has 0 N–H and O–H groups in total. The molecule has 0 aliphatic carbocycles. The van der Waals surface area contributed by atoms with Gasteiger partial charge in [0.25, 0.3) is 0 Å². The molecular weight excluding hydrogens is 408 g/mol. The number of fused-ring (bicyclic) bond motifs is 1. The highest BCUT2D eigenvalue weighted by molar-refractivity contribution is 9.10. The van der Waals surface area contributed by atoms with E-state index >= 15 is 0 Å². The molecule has 4 nitrogen and oxygen atoms in total. The third-order valence-corrected chi connectivity index (χ3v) is 4.79. The highest BCUT2D eigenvalue weighted by atomic mass is 79.9. The molecule has 0 unspecified atom stereocenters. The molecule has 4 aromatic rings. The van der Waals surface area contributed by atoms with E-state index in [0.29, 0.717) is 26.9 Å². The largest absolute Gasteiger partial charge is 0.423 e. The van der Waals surface area contributed by atoms with Gasteiger partial charge in [0.1, 0.15) is 11.3 Å². The van der Waals surface area contributed by atoms with Crippen molar-refractivity contribution in [3.8, 4) is 16.9 Å². The zero-order valence-electron chi connectivity index (χ0n) is 14.0. The second-order valence-corrected chi connectivity index (χ2v) is 6.74. The lowest BCUT2D eigenvalue weighted by atomic mass is 10.1. The summed E-state index contributed by atoms with van der Waals surface area (Å²) in [6.45, 7) is 0. The number of esters is 1. The summed E-state index contributed by atoms with van der Waals surface area (Å²) in [6, 6.07) is 23.1. The Bertz CT molecular complexity index is 1200. The number of ether oxygens (including phenoxy) is 1. The van der Waals surface area contributed by atoms with Crippen LogP contribution >= 0.6 is 15.9 Å². The summed E-state index contributed by atoms with van der Waals surface area (Å²) in [4.78, 5) is 24.7. The van der Waals surface area contributed by atoms with Crippen molar-refractivity contribution in [2.75, 3.05) is 0 Å². The summed E-state index contributed by atoms with van der Waals surface area (Å²) in [5.41, 5.74) is 1.61. The molecule has 0 atom stereocenters. The second-order valence-electron chi connectivity index (χ2n) is 5.88. The van der Waals surface area contributed by atoms with Crippen LogP contribution in [0.2, 0.25) is 0 Å². The molecule has 0 spiro atoms. The van der Waals surface area contributed by atoms with E-state index in [4.69, 9.17) is 9.15 Å². The maximum absolute atomic E-state index is 12.4. The van der Waals surface area contributed by atoms with Crippen molar-refractivity contribution in [3.05, 3.63) is 99.3 Å². The van der Waals surface area contributed by atoms with Crippen LogP contribution in [0.5, 0.6) is 5.75 Å². The first-order valence-corrected chi connectivity index (χ1v) is 9.01. The Labute approximate surface area is 163 Å². The van der Waals surface area contributed by atoms with Gasteiger partial charge >= 0.3 is 11.6 Å². The molecule has 0 amide bonds. The summed E-state index contributed by atoms with van der Waals surface area (Å²) in [7, 11) is 0. The van der Waals surface area contributed by atoms with E-state index in [1.165, 1.54) is 0 Å². The first-order chi connectivity index (χ1) is 13.1. The predicted molar refractivity (Wildman–Crippen MR) is 107 cm³/mol. The van der Waals surface area contributed by atoms with Gasteiger partial charge in [-0.15, -0.1) is 0 Å². The molecule has 0 radical (unpaired) electrons. The molecule has 0 fully saturated rings. The topological polar surface area (TPSA) is 56.5 Å². The maximum Gasteiger partial charge on any atom is 0.344 e. The third-order valence-electron chi connectivity index (χ3n) is 4.10. The van der Waals surface area contributed by atoms with Crippen LogP contribution in [0.25, 0.3) is 22.1 Å². The lowest BCUT2D eigenvalue weighted by Crippen LogP contribution is -2.09. The summed E-state index contributed by atoms with van der Waals surface area (Å²) in [6.07, 6.45) is 0. The minimum atomic E-state index is -0.495. The fourth-order valence-corrected chi connectivity index (χ4v) is 3.21. The van der Waals surface area contributed by atoms with Gasteiger partial charge in [-0.1, -0.05) is 42.5 Å². The summed E-state index contributed by atoms with van der Waals surface area (Å²) >= 11 is 3.33. The van der Waals surface area contributed by atoms with Gasteiger partial charge < -0.3 is 9.15 Å². The van der Waals surface area contributed by atoms with Crippen LogP contribution in [0.4, 0.5) is 0 Å². The van der Waals surface area contributed by atoms with Crippen molar-refractivity contribution in [1.82, 2.24) is 0 Å². The quantitative estimate of drug-likeness (QED) is 0.251. The van der Waals surface area contributed by atoms with E-state index in [9.17, 15) is 9.59 Å². The molecule has 0 bridgehead atoms. The van der Waals surface area contributed by atoms with Gasteiger partial charge in [-0.05, 0) is 51.8 Å². The zero-order chi connectivity index (χ0) is 18.8. The van der Waals surface area contributed by atoms with E-state index in [-0.39, 0.29) is 0 Å². The Hall–Kier alpha value is -3.18. The van der Waals surface area contributed by atoms with E-state index in [1.807, 2.05) is 36.4 Å². The zero-order valence-corrected chi connectivity index (χ0v) is 15.6. The van der Waals surface area contributed by atoms with Crippen LogP contribution in [0.1, 0.15) is 10.4 Å². The summed E-state index contributed by atoms with van der Waals surface area (Å²) in [5.74, 6) is -0.191. The van der Waals surface area contributed by atoms with Gasteiger partial charge in [0.15, 0.2) is 0 Å². The number of hydrogen-bond donors (Lipinski definition) is 0. The Morgan fingerprint density at radius 2 is 1.63 bits per heavy atom. The van der Waals surface area contributed by atoms with E-state index in [0.717, 1.165) is 10.9 Å². The number of rotatable bonds is 3. The summed E-state index contributed by atoms with van der Waals surface area (Å²) in [5, 5.41) is 0.745. The van der Waals surface area contributed by atoms with E-state index in [2.05, 4.69) is 15.9 Å². The standard InChI is InChI=1S/C22H13BrO4/c23-19-9-5-4-8-17(19)21(24)26-16-11-10-15-12-18(14-6-2-1-3-7-14)22(25)27-20(15)13-16/h1-13H. The SMILES string of the molecule is O=C(Oc1ccc2cc(-c3ccccc3)c(=O)oc2c1)c1ccccc1Br. The van der Waals surface area contributed by atoms with Crippen LogP contribution in [0, 0.1) is 0 Å². The number of hydrogen-bond acceptors (Lipinski definition) is 4. The van der Waals surface area contributed by atoms with Crippen LogP contribution < -0.4 is 10.4 Å². The first kappa shape index (κ1) is 17.2. The number of carbonyl (C=O) groups is 1. The third kappa shape index (κ3) is 3.55. The van der Waals surface area contributed by atoms with E-state index < -0.39 is 11.6 Å². The van der Waals surface area contributed by atoms with Crippen molar-refractivity contribution in [3.63, 3.8) is 0 Å². The van der Waals surface area contributed by atoms with Gasteiger partial charge in [0.2, 0.25) is 0 Å². The monoisotopic (exact) mass is 420 g/mol. The number of carbonyl (C=O) groups excluding carboxylic acids is 1. The molecule has 3 aromatic carbocycles. The van der Waals surface area contributed by atoms with Crippen molar-refractivity contribution in [1.29, 1.82) is 0 Å². The van der Waals surface area contributed by atoms with Crippen LogP contribution in [0.15, 0.2) is 92.5 Å². The van der Waals surface area contributed by atoms with Crippen molar-refractivity contribution in [2.24, 2.45) is 0 Å². The number of halogens is 1. The molecule has 0 aliphatic heterocycles. The maximum atomic E-state index is 12.4. The predicted octanol–water partition coefficient (Wildman–Crippen LogP) is 5.44. The molecule has 0 aliphatic rings. The van der Waals surface area contributed by atoms with Gasteiger partial charge in [-0.3, -0.25) is 0 Å². The highest BCUT2D eigenvalue weighted by Crippen LogP contribution is 2.25. The van der Waals surface area contributed by atoms with Crippen LogP contribution in [0.3, 0.4) is 0 Å². The fraction of sp³-hybridized carbons (Fsp3) is 0. The lowest BCUT2D eigenvalue weighted by Gasteiger charge is -2.07. The minimum Gasteiger partial charge on any atom is -0.423 e. The van der Waals surface area contributed by atoms with Crippen molar-refractivity contribution >= 4 is 32.9 Å². The number of benzene rings is 3. The normalized spacial score (nSPS) is 10.7. The van der Waals surface area contributed by atoms with Crippen molar-refractivity contribution in [2.45, 2.75) is 0 Å². The Morgan fingerprint density at radius 1 is 0.889 bits per heavy atom. The molecule has 1 heterocycles. The van der Waals surface area contributed by atoms with Crippen LogP contribution in [-0.2, 0) is 0 Å². The Morgan fingerprint density at radius 3 is 2.41 bits per heavy atom. The molecule has 132 valence electrons. The van der Waals surface area contributed by atoms with Crippen molar-refractivity contribution < 1.29 is 13.9 Å². The lowest BCUT2D eigenvalue weighted by molar-refractivity contribution is 0.0734. The average molecular weight is 421 g/mol. The average Bonchev–Trinajstić information content (AvgIpc) is 2.68. The van der Waals surface area contributed by atoms with Gasteiger partial charge in [0.05, 0.1) is 11.1 Å². The van der Waals surface area contributed by atoms with Crippen LogP contribution in [-0.4, -0.2) is 5.97 Å². The molecule has 4 rings (SSSR count). The summed E-state index contributed by atoms with van der Waals surface area (Å²) < 4.78 is 11.5. The van der Waals surface area contributed by atoms with E-state index in [1.54, 1.807) is 42.5 Å². The molecular formula is C22H13BrO4. The first-order valence-electron chi connectivity index (χ1n) is 8.22. The molecule has 1 aromatic heterocycles. The molecule has 0 saturated heterocycles. The highest BCUT2D eigenvalue weighted by Gasteiger charge is 2.13. The second kappa shape index (κ2) is 7.21. The molecule has 27 heavy (non-hydrogen) atoms. The van der Waals surface area contributed by atoms with Gasteiger partial charge in [-0.2, -0.15) is 0 Å². The molecule has 0 saturated carbocycles. The minimum absolute atomic E-state index is 0.305.